The Kier molecular flexibility index (Phi) is 4.25. The lowest BCUT2D eigenvalue weighted by Gasteiger charge is -2.24. The molecule has 1 atom stereocenters. The van der Waals surface area contributed by atoms with Crippen LogP contribution in [-0.2, 0) is 19.1 Å². The van der Waals surface area contributed by atoms with Crippen molar-refractivity contribution < 1.29 is 23.5 Å². The first-order valence-corrected chi connectivity index (χ1v) is 4.71. The third-order valence-electron chi connectivity index (χ3n) is 1.44. The van der Waals surface area contributed by atoms with Crippen molar-refractivity contribution in [1.29, 1.82) is 0 Å². The summed E-state index contributed by atoms with van der Waals surface area (Å²) in [4.78, 5) is 22.4. The average Bonchev–Trinajstić information content (AvgIpc) is 2.01. The van der Waals surface area contributed by atoms with Crippen molar-refractivity contribution in [1.82, 2.24) is 0 Å². The molecule has 0 bridgehead atoms. The quantitative estimate of drug-likeness (QED) is 0.535. The zero-order valence-electron chi connectivity index (χ0n) is 9.72. The molecule has 0 radical (unpaired) electrons. The smallest absolute Gasteiger partial charge is 0.356 e. The van der Waals surface area contributed by atoms with E-state index < -0.39 is 23.2 Å². The minimum absolute atomic E-state index is 0.0150. The van der Waals surface area contributed by atoms with Crippen molar-refractivity contribution in [2.24, 2.45) is 0 Å². The highest BCUT2D eigenvalue weighted by Gasteiger charge is 2.46. The van der Waals surface area contributed by atoms with E-state index in [4.69, 9.17) is 4.74 Å². The lowest BCUT2D eigenvalue weighted by Crippen LogP contribution is -2.44. The summed E-state index contributed by atoms with van der Waals surface area (Å²) in [5.41, 5.74) is -3.58. The molecule has 0 spiro atoms. The van der Waals surface area contributed by atoms with Gasteiger partial charge in [0.05, 0.1) is 6.61 Å². The first-order valence-electron chi connectivity index (χ1n) is 4.71. The molecule has 0 saturated heterocycles. The van der Waals surface area contributed by atoms with Gasteiger partial charge in [0.25, 0.3) is 5.67 Å². The van der Waals surface area contributed by atoms with E-state index in [2.05, 4.69) is 4.74 Å². The van der Waals surface area contributed by atoms with Crippen molar-refractivity contribution in [3.63, 3.8) is 0 Å². The van der Waals surface area contributed by atoms with Crippen LogP contribution in [0.25, 0.3) is 0 Å². The van der Waals surface area contributed by atoms with E-state index in [1.165, 1.54) is 6.92 Å². The summed E-state index contributed by atoms with van der Waals surface area (Å²) in [5.74, 6) is -2.45. The Hall–Kier alpha value is -1.13. The van der Waals surface area contributed by atoms with Gasteiger partial charge in [0, 0.05) is 0 Å². The average molecular weight is 220 g/mol. The minimum Gasteiger partial charge on any atom is -0.463 e. The Balaban J connectivity index is 4.59. The predicted molar refractivity (Wildman–Crippen MR) is 52.0 cm³/mol. The summed E-state index contributed by atoms with van der Waals surface area (Å²) in [6.45, 7) is 7.15. The second-order valence-corrected chi connectivity index (χ2v) is 4.23. The number of carbonyl (C=O) groups excluding carboxylic acids is 2. The van der Waals surface area contributed by atoms with Crippen LogP contribution in [0.15, 0.2) is 0 Å². The maximum atomic E-state index is 13.6. The number of carbonyl (C=O) groups is 2. The van der Waals surface area contributed by atoms with Crippen LogP contribution in [-0.4, -0.2) is 29.8 Å². The second-order valence-electron chi connectivity index (χ2n) is 4.23. The van der Waals surface area contributed by atoms with Crippen LogP contribution in [0.3, 0.4) is 0 Å². The Bertz CT molecular complexity index is 253. The van der Waals surface area contributed by atoms with Crippen molar-refractivity contribution in [2.75, 3.05) is 6.61 Å². The molecule has 0 fully saturated rings. The molecule has 15 heavy (non-hydrogen) atoms. The van der Waals surface area contributed by atoms with Gasteiger partial charge in [0.15, 0.2) is 0 Å². The maximum Gasteiger partial charge on any atom is 0.356 e. The molecule has 0 saturated carbocycles. The standard InChI is InChI=1S/C10H17FO4/c1-6-14-7(12)10(5,11)8(13)15-9(2,3)4/h6H2,1-5H3/t10-/m1/s1. The molecular weight excluding hydrogens is 203 g/mol. The van der Waals surface area contributed by atoms with Crippen molar-refractivity contribution in [3.05, 3.63) is 0 Å². The van der Waals surface area contributed by atoms with E-state index in [9.17, 15) is 14.0 Å². The van der Waals surface area contributed by atoms with Crippen molar-refractivity contribution >= 4 is 11.9 Å². The fourth-order valence-corrected chi connectivity index (χ4v) is 0.724. The lowest BCUT2D eigenvalue weighted by atomic mass is 10.1. The highest BCUT2D eigenvalue weighted by molar-refractivity contribution is 6.03. The zero-order valence-corrected chi connectivity index (χ0v) is 9.72. The first-order chi connectivity index (χ1) is 6.61. The van der Waals surface area contributed by atoms with Crippen LogP contribution >= 0.6 is 0 Å². The Labute approximate surface area is 88.7 Å². The van der Waals surface area contributed by atoms with Gasteiger partial charge in [-0.25, -0.2) is 14.0 Å². The summed E-state index contributed by atoms with van der Waals surface area (Å²) >= 11 is 0. The van der Waals surface area contributed by atoms with Crippen LogP contribution in [0.4, 0.5) is 4.39 Å². The SMILES string of the molecule is CCOC(=O)[C@@](C)(F)C(=O)OC(C)(C)C. The van der Waals surface area contributed by atoms with E-state index in [-0.39, 0.29) is 6.61 Å². The normalized spacial score (nSPS) is 15.3. The maximum absolute atomic E-state index is 13.6. The third kappa shape index (κ3) is 4.27. The van der Waals surface area contributed by atoms with Crippen molar-refractivity contribution in [3.8, 4) is 0 Å². The zero-order chi connectivity index (χ0) is 12.3. The van der Waals surface area contributed by atoms with Gasteiger partial charge >= 0.3 is 11.9 Å². The number of esters is 2. The molecule has 0 unspecified atom stereocenters. The van der Waals surface area contributed by atoms with E-state index in [0.29, 0.717) is 0 Å². The number of alkyl halides is 1. The van der Waals surface area contributed by atoms with Gasteiger partial charge in [-0.2, -0.15) is 0 Å². The summed E-state index contributed by atoms with van der Waals surface area (Å²) in [6, 6.07) is 0. The van der Waals surface area contributed by atoms with Crippen LogP contribution in [0.5, 0.6) is 0 Å². The molecule has 0 aromatic heterocycles. The van der Waals surface area contributed by atoms with E-state index >= 15 is 0 Å². The van der Waals surface area contributed by atoms with E-state index in [1.807, 2.05) is 0 Å². The topological polar surface area (TPSA) is 52.6 Å². The molecule has 88 valence electrons. The Morgan fingerprint density at radius 2 is 1.60 bits per heavy atom. The van der Waals surface area contributed by atoms with Gasteiger partial charge < -0.3 is 9.47 Å². The van der Waals surface area contributed by atoms with Crippen LogP contribution in [0, 0.1) is 0 Å². The number of halogens is 1. The molecule has 4 nitrogen and oxygen atoms in total. The fraction of sp³-hybridized carbons (Fsp3) is 0.800. The number of rotatable bonds is 3. The molecule has 0 aliphatic heterocycles. The van der Waals surface area contributed by atoms with Crippen molar-refractivity contribution in [2.45, 2.75) is 45.9 Å². The monoisotopic (exact) mass is 220 g/mol. The van der Waals surface area contributed by atoms with Gasteiger partial charge in [0.2, 0.25) is 0 Å². The molecule has 0 heterocycles. The molecule has 0 aromatic rings. The highest BCUT2D eigenvalue weighted by Crippen LogP contribution is 2.19. The van der Waals surface area contributed by atoms with E-state index in [1.54, 1.807) is 20.8 Å². The Morgan fingerprint density at radius 3 is 1.93 bits per heavy atom. The van der Waals surface area contributed by atoms with Crippen LogP contribution in [0.1, 0.15) is 34.6 Å². The molecule has 0 aliphatic rings. The summed E-state index contributed by atoms with van der Waals surface area (Å²) in [5, 5.41) is 0. The number of ether oxygens (including phenoxy) is 2. The van der Waals surface area contributed by atoms with Gasteiger partial charge in [-0.05, 0) is 34.6 Å². The third-order valence-corrected chi connectivity index (χ3v) is 1.44. The van der Waals surface area contributed by atoms with Crippen LogP contribution in [0.2, 0.25) is 0 Å². The van der Waals surface area contributed by atoms with Gasteiger partial charge in [-0.3, -0.25) is 0 Å². The molecule has 0 N–H and O–H groups in total. The van der Waals surface area contributed by atoms with E-state index in [0.717, 1.165) is 6.92 Å². The van der Waals surface area contributed by atoms with Gasteiger partial charge in [-0.15, -0.1) is 0 Å². The van der Waals surface area contributed by atoms with Gasteiger partial charge in [0.1, 0.15) is 5.60 Å². The van der Waals surface area contributed by atoms with Crippen LogP contribution < -0.4 is 0 Å². The summed E-state index contributed by atoms with van der Waals surface area (Å²) < 4.78 is 22.8. The number of hydrogen-bond donors (Lipinski definition) is 0. The summed E-state index contributed by atoms with van der Waals surface area (Å²) in [6.07, 6.45) is 0. The summed E-state index contributed by atoms with van der Waals surface area (Å²) in [7, 11) is 0. The fourth-order valence-electron chi connectivity index (χ4n) is 0.724. The molecule has 0 rings (SSSR count). The largest absolute Gasteiger partial charge is 0.463 e. The minimum atomic E-state index is -2.75. The van der Waals surface area contributed by atoms with Gasteiger partial charge in [-0.1, -0.05) is 0 Å². The molecular formula is C10H17FO4. The number of hydrogen-bond acceptors (Lipinski definition) is 4. The lowest BCUT2D eigenvalue weighted by molar-refractivity contribution is -0.180. The first kappa shape index (κ1) is 13.9. The predicted octanol–water partition coefficient (Wildman–Crippen LogP) is 1.62. The molecule has 0 amide bonds. The molecule has 5 heteroatoms. The highest BCUT2D eigenvalue weighted by atomic mass is 19.1. The second kappa shape index (κ2) is 4.59. The Morgan fingerprint density at radius 1 is 1.13 bits per heavy atom. The molecule has 0 aliphatic carbocycles. The molecule has 0 aromatic carbocycles.